The molecule has 0 spiro atoms. The standard InChI is InChI=1S/C14H21N3O/c1-10-6-4-5-7-12(10)8-18-14-11(2)13(15-3)16-9-17-14/h4-5,9-10,12H,6-8H2,1-3H3,(H,15,16,17). The molecule has 0 aliphatic heterocycles. The van der Waals surface area contributed by atoms with E-state index in [4.69, 9.17) is 4.74 Å². The van der Waals surface area contributed by atoms with Gasteiger partial charge in [-0.1, -0.05) is 19.1 Å². The Morgan fingerprint density at radius 1 is 1.33 bits per heavy atom. The molecule has 2 atom stereocenters. The normalized spacial score (nSPS) is 22.8. The largest absolute Gasteiger partial charge is 0.477 e. The van der Waals surface area contributed by atoms with Crippen LogP contribution < -0.4 is 10.1 Å². The van der Waals surface area contributed by atoms with Crippen molar-refractivity contribution in [3.63, 3.8) is 0 Å². The maximum Gasteiger partial charge on any atom is 0.221 e. The van der Waals surface area contributed by atoms with Crippen LogP contribution in [-0.4, -0.2) is 23.6 Å². The monoisotopic (exact) mass is 247 g/mol. The van der Waals surface area contributed by atoms with Crippen molar-refractivity contribution >= 4 is 5.82 Å². The fraction of sp³-hybridized carbons (Fsp3) is 0.571. The summed E-state index contributed by atoms with van der Waals surface area (Å²) in [5, 5.41) is 3.04. The van der Waals surface area contributed by atoms with Gasteiger partial charge in [-0.3, -0.25) is 0 Å². The molecule has 1 heterocycles. The summed E-state index contributed by atoms with van der Waals surface area (Å²) in [5.74, 6) is 2.79. The minimum absolute atomic E-state index is 0.586. The second-order valence-electron chi connectivity index (χ2n) is 4.89. The van der Waals surface area contributed by atoms with Gasteiger partial charge in [-0.2, -0.15) is 0 Å². The molecule has 0 aromatic carbocycles. The zero-order chi connectivity index (χ0) is 13.0. The van der Waals surface area contributed by atoms with E-state index in [2.05, 4.69) is 34.4 Å². The average molecular weight is 247 g/mol. The van der Waals surface area contributed by atoms with Crippen LogP contribution in [0.1, 0.15) is 25.3 Å². The third-order valence-corrected chi connectivity index (χ3v) is 3.63. The van der Waals surface area contributed by atoms with Gasteiger partial charge < -0.3 is 10.1 Å². The highest BCUT2D eigenvalue weighted by molar-refractivity contribution is 5.46. The lowest BCUT2D eigenvalue weighted by molar-refractivity contribution is 0.191. The first-order chi connectivity index (χ1) is 8.72. The predicted molar refractivity (Wildman–Crippen MR) is 72.8 cm³/mol. The molecule has 2 unspecified atom stereocenters. The van der Waals surface area contributed by atoms with Crippen LogP contribution in [0, 0.1) is 18.8 Å². The molecule has 1 aliphatic rings. The van der Waals surface area contributed by atoms with Crippen molar-refractivity contribution in [3.8, 4) is 5.88 Å². The zero-order valence-corrected chi connectivity index (χ0v) is 11.3. The number of allylic oxidation sites excluding steroid dienone is 2. The quantitative estimate of drug-likeness (QED) is 0.831. The number of anilines is 1. The molecule has 18 heavy (non-hydrogen) atoms. The Labute approximate surface area is 108 Å². The highest BCUT2D eigenvalue weighted by atomic mass is 16.5. The zero-order valence-electron chi connectivity index (χ0n) is 11.3. The molecule has 0 saturated heterocycles. The highest BCUT2D eigenvalue weighted by Gasteiger charge is 2.19. The number of nitrogens with one attached hydrogen (secondary N) is 1. The van der Waals surface area contributed by atoms with Crippen molar-refractivity contribution in [2.24, 2.45) is 11.8 Å². The van der Waals surface area contributed by atoms with Gasteiger partial charge in [0.2, 0.25) is 5.88 Å². The van der Waals surface area contributed by atoms with Crippen LogP contribution in [0.3, 0.4) is 0 Å². The molecule has 0 amide bonds. The van der Waals surface area contributed by atoms with Crippen molar-refractivity contribution in [3.05, 3.63) is 24.0 Å². The molecule has 98 valence electrons. The minimum Gasteiger partial charge on any atom is -0.477 e. The summed E-state index contributed by atoms with van der Waals surface area (Å²) in [6, 6.07) is 0. The van der Waals surface area contributed by atoms with Crippen LogP contribution in [-0.2, 0) is 0 Å². The fourth-order valence-corrected chi connectivity index (χ4v) is 2.26. The van der Waals surface area contributed by atoms with E-state index >= 15 is 0 Å². The van der Waals surface area contributed by atoms with E-state index in [1.54, 1.807) is 6.33 Å². The van der Waals surface area contributed by atoms with Gasteiger partial charge >= 0.3 is 0 Å². The smallest absolute Gasteiger partial charge is 0.221 e. The van der Waals surface area contributed by atoms with Gasteiger partial charge in [0.15, 0.2) is 0 Å². The number of aromatic nitrogens is 2. The number of nitrogens with zero attached hydrogens (tertiary/aromatic N) is 2. The van der Waals surface area contributed by atoms with E-state index < -0.39 is 0 Å². The van der Waals surface area contributed by atoms with Crippen LogP contribution in [0.25, 0.3) is 0 Å². The number of hydrogen-bond donors (Lipinski definition) is 1. The Hall–Kier alpha value is -1.58. The Morgan fingerprint density at radius 3 is 2.83 bits per heavy atom. The summed E-state index contributed by atoms with van der Waals surface area (Å²) in [7, 11) is 1.85. The molecule has 1 N–H and O–H groups in total. The minimum atomic E-state index is 0.586. The molecule has 4 heteroatoms. The first-order valence-electron chi connectivity index (χ1n) is 6.49. The molecule has 0 bridgehead atoms. The molecule has 2 rings (SSSR count). The molecular weight excluding hydrogens is 226 g/mol. The third kappa shape index (κ3) is 2.81. The van der Waals surface area contributed by atoms with Gasteiger partial charge in [-0.05, 0) is 31.6 Å². The molecular formula is C14H21N3O. The number of rotatable bonds is 4. The molecule has 1 aromatic rings. The van der Waals surface area contributed by atoms with E-state index in [9.17, 15) is 0 Å². The first kappa shape index (κ1) is 12.9. The molecule has 4 nitrogen and oxygen atoms in total. The second-order valence-corrected chi connectivity index (χ2v) is 4.89. The number of hydrogen-bond acceptors (Lipinski definition) is 4. The Kier molecular flexibility index (Phi) is 4.18. The predicted octanol–water partition coefficient (Wildman–Crippen LogP) is 2.81. The lowest BCUT2D eigenvalue weighted by atomic mass is 9.85. The molecule has 0 saturated carbocycles. The third-order valence-electron chi connectivity index (χ3n) is 3.63. The fourth-order valence-electron chi connectivity index (χ4n) is 2.26. The summed E-state index contributed by atoms with van der Waals surface area (Å²) < 4.78 is 5.86. The van der Waals surface area contributed by atoms with Crippen LogP contribution in [0.5, 0.6) is 5.88 Å². The van der Waals surface area contributed by atoms with Crippen molar-refractivity contribution < 1.29 is 4.74 Å². The number of ether oxygens (including phenoxy) is 1. The van der Waals surface area contributed by atoms with E-state index in [1.807, 2.05) is 14.0 Å². The van der Waals surface area contributed by atoms with Gasteiger partial charge in [-0.25, -0.2) is 9.97 Å². The van der Waals surface area contributed by atoms with Crippen LogP contribution in [0.4, 0.5) is 5.82 Å². The summed E-state index contributed by atoms with van der Waals surface area (Å²) in [4.78, 5) is 8.36. The van der Waals surface area contributed by atoms with Gasteiger partial charge in [0.05, 0.1) is 12.2 Å². The summed E-state index contributed by atoms with van der Waals surface area (Å²) in [5.41, 5.74) is 0.971. The van der Waals surface area contributed by atoms with Gasteiger partial charge in [0, 0.05) is 7.05 Å². The van der Waals surface area contributed by atoms with Gasteiger partial charge in [-0.15, -0.1) is 0 Å². The van der Waals surface area contributed by atoms with E-state index in [0.717, 1.165) is 30.8 Å². The van der Waals surface area contributed by atoms with Crippen LogP contribution in [0.2, 0.25) is 0 Å². The van der Waals surface area contributed by atoms with E-state index in [0.29, 0.717) is 17.7 Å². The lowest BCUT2D eigenvalue weighted by Crippen LogP contribution is -2.21. The highest BCUT2D eigenvalue weighted by Crippen LogP contribution is 2.27. The molecule has 0 radical (unpaired) electrons. The van der Waals surface area contributed by atoms with Gasteiger partial charge in [0.25, 0.3) is 0 Å². The Morgan fingerprint density at radius 2 is 2.11 bits per heavy atom. The average Bonchev–Trinajstić information content (AvgIpc) is 2.39. The molecule has 1 aromatic heterocycles. The molecule has 1 aliphatic carbocycles. The second kappa shape index (κ2) is 5.85. The Balaban J connectivity index is 2.00. The maximum atomic E-state index is 5.86. The van der Waals surface area contributed by atoms with Crippen molar-refractivity contribution in [2.75, 3.05) is 19.0 Å². The van der Waals surface area contributed by atoms with E-state index in [-0.39, 0.29) is 0 Å². The Bertz CT molecular complexity index is 431. The maximum absolute atomic E-state index is 5.86. The van der Waals surface area contributed by atoms with Crippen molar-refractivity contribution in [1.82, 2.24) is 9.97 Å². The topological polar surface area (TPSA) is 47.0 Å². The SMILES string of the molecule is CNc1ncnc(OCC2CC=CCC2C)c1C. The lowest BCUT2D eigenvalue weighted by Gasteiger charge is -2.25. The van der Waals surface area contributed by atoms with E-state index in [1.165, 1.54) is 0 Å². The van der Waals surface area contributed by atoms with Crippen LogP contribution >= 0.6 is 0 Å². The summed E-state index contributed by atoms with van der Waals surface area (Å²) >= 11 is 0. The van der Waals surface area contributed by atoms with Gasteiger partial charge in [0.1, 0.15) is 12.1 Å². The molecule has 0 fully saturated rings. The summed E-state index contributed by atoms with van der Waals surface area (Å²) in [6.45, 7) is 4.99. The van der Waals surface area contributed by atoms with Crippen molar-refractivity contribution in [2.45, 2.75) is 26.7 Å². The van der Waals surface area contributed by atoms with Crippen molar-refractivity contribution in [1.29, 1.82) is 0 Å². The summed E-state index contributed by atoms with van der Waals surface area (Å²) in [6.07, 6.45) is 8.30. The first-order valence-corrected chi connectivity index (χ1v) is 6.49. The van der Waals surface area contributed by atoms with Crippen LogP contribution in [0.15, 0.2) is 18.5 Å².